The highest BCUT2D eigenvalue weighted by Gasteiger charge is 2.16. The summed E-state index contributed by atoms with van der Waals surface area (Å²) in [6, 6.07) is 0. The van der Waals surface area contributed by atoms with Crippen LogP contribution >= 0.6 is 0 Å². The number of ether oxygens (including phenoxy) is 1. The van der Waals surface area contributed by atoms with Crippen molar-refractivity contribution in [3.63, 3.8) is 0 Å². The number of carbonyl (C=O) groups excluding carboxylic acids is 2. The van der Waals surface area contributed by atoms with Crippen LogP contribution in [0.1, 0.15) is 43.7 Å². The number of alkyl carbamates (subject to hydrolysis) is 1. The minimum atomic E-state index is -0.537. The Hall–Kier alpha value is -2.18. The summed E-state index contributed by atoms with van der Waals surface area (Å²) in [4.78, 5) is 31.3. The number of nitrogens with zero attached hydrogens (tertiary/aromatic N) is 2. The van der Waals surface area contributed by atoms with Gasteiger partial charge in [0.1, 0.15) is 11.9 Å². The molecule has 1 rings (SSSR count). The highest BCUT2D eigenvalue weighted by molar-refractivity contribution is 5.94. The summed E-state index contributed by atoms with van der Waals surface area (Å²) in [6.45, 7) is 7.87. The third-order valence-electron chi connectivity index (χ3n) is 2.45. The average molecular weight is 294 g/mol. The molecule has 0 aliphatic carbocycles. The Bertz CT molecular complexity index is 497. The van der Waals surface area contributed by atoms with Gasteiger partial charge in [0.2, 0.25) is 0 Å². The van der Waals surface area contributed by atoms with E-state index < -0.39 is 11.7 Å². The Labute approximate surface area is 124 Å². The van der Waals surface area contributed by atoms with Crippen LogP contribution in [0.5, 0.6) is 0 Å². The molecule has 0 radical (unpaired) electrons. The predicted molar refractivity (Wildman–Crippen MR) is 78.0 cm³/mol. The van der Waals surface area contributed by atoms with Crippen LogP contribution in [0, 0.1) is 0 Å². The number of aromatic nitrogens is 2. The second-order valence-corrected chi connectivity index (χ2v) is 5.42. The number of hydrogen-bond donors (Lipinski definition) is 2. The molecule has 0 saturated carbocycles. The van der Waals surface area contributed by atoms with Crippen LogP contribution in [0.15, 0.2) is 12.5 Å². The van der Waals surface area contributed by atoms with Gasteiger partial charge in [0, 0.05) is 19.3 Å². The molecule has 21 heavy (non-hydrogen) atoms. The third kappa shape index (κ3) is 6.20. The zero-order valence-corrected chi connectivity index (χ0v) is 12.9. The lowest BCUT2D eigenvalue weighted by molar-refractivity contribution is 0.0526. The Morgan fingerprint density at radius 2 is 1.90 bits per heavy atom. The van der Waals surface area contributed by atoms with Crippen molar-refractivity contribution in [2.45, 2.75) is 39.7 Å². The maximum Gasteiger partial charge on any atom is 0.407 e. The number of hydrogen-bond acceptors (Lipinski definition) is 5. The van der Waals surface area contributed by atoms with Gasteiger partial charge >= 0.3 is 6.09 Å². The lowest BCUT2D eigenvalue weighted by Gasteiger charge is -2.19. The smallest absolute Gasteiger partial charge is 0.407 e. The molecule has 0 aromatic carbocycles. The lowest BCUT2D eigenvalue weighted by atomic mass is 10.2. The van der Waals surface area contributed by atoms with E-state index in [-0.39, 0.29) is 12.5 Å². The van der Waals surface area contributed by atoms with E-state index in [4.69, 9.17) is 4.74 Å². The summed E-state index contributed by atoms with van der Waals surface area (Å²) in [7, 11) is 0. The zero-order chi connectivity index (χ0) is 15.9. The molecule has 2 N–H and O–H groups in total. The number of amides is 2. The molecule has 7 heteroatoms. The Morgan fingerprint density at radius 1 is 1.24 bits per heavy atom. The molecular weight excluding hydrogens is 272 g/mol. The summed E-state index contributed by atoms with van der Waals surface area (Å²) < 4.78 is 5.08. The molecule has 2 amide bonds. The van der Waals surface area contributed by atoms with Crippen molar-refractivity contribution < 1.29 is 14.3 Å². The molecule has 0 fully saturated rings. The van der Waals surface area contributed by atoms with E-state index >= 15 is 0 Å². The van der Waals surface area contributed by atoms with Crippen molar-refractivity contribution in [2.75, 3.05) is 13.1 Å². The molecule has 0 spiro atoms. The van der Waals surface area contributed by atoms with Crippen molar-refractivity contribution in [3.8, 4) is 0 Å². The van der Waals surface area contributed by atoms with E-state index in [0.29, 0.717) is 24.2 Å². The summed E-state index contributed by atoms with van der Waals surface area (Å²) in [5.74, 6) is -0.251. The molecule has 116 valence electrons. The molecule has 1 aromatic heterocycles. The van der Waals surface area contributed by atoms with Crippen LogP contribution in [0.4, 0.5) is 4.79 Å². The molecule has 0 unspecified atom stereocenters. The van der Waals surface area contributed by atoms with Gasteiger partial charge in [-0.3, -0.25) is 4.79 Å². The van der Waals surface area contributed by atoms with Gasteiger partial charge < -0.3 is 15.4 Å². The van der Waals surface area contributed by atoms with Gasteiger partial charge in [0.05, 0.1) is 11.3 Å². The summed E-state index contributed by atoms with van der Waals surface area (Å²) in [5, 5.41) is 5.27. The first kappa shape index (κ1) is 16.9. The molecule has 7 nitrogen and oxygen atoms in total. The van der Waals surface area contributed by atoms with E-state index in [1.807, 2.05) is 6.92 Å². The number of rotatable bonds is 5. The van der Waals surface area contributed by atoms with E-state index in [0.717, 1.165) is 0 Å². The normalized spacial score (nSPS) is 10.9. The second-order valence-electron chi connectivity index (χ2n) is 5.42. The fourth-order valence-corrected chi connectivity index (χ4v) is 1.58. The summed E-state index contributed by atoms with van der Waals surface area (Å²) in [5.41, 5.74) is 0.616. The van der Waals surface area contributed by atoms with Gasteiger partial charge in [-0.15, -0.1) is 0 Å². The first-order valence-electron chi connectivity index (χ1n) is 6.87. The first-order chi connectivity index (χ1) is 9.83. The largest absolute Gasteiger partial charge is 0.444 e. The monoisotopic (exact) mass is 294 g/mol. The van der Waals surface area contributed by atoms with Crippen molar-refractivity contribution in [1.82, 2.24) is 20.6 Å². The van der Waals surface area contributed by atoms with Crippen molar-refractivity contribution in [2.24, 2.45) is 0 Å². The quantitative estimate of drug-likeness (QED) is 0.798. The van der Waals surface area contributed by atoms with Crippen LogP contribution in [0.2, 0.25) is 0 Å². The maximum atomic E-state index is 12.0. The Balaban J connectivity index is 2.36. The maximum absolute atomic E-state index is 12.0. The van der Waals surface area contributed by atoms with Crippen LogP contribution in [-0.2, 0) is 11.2 Å². The van der Waals surface area contributed by atoms with Gasteiger partial charge in [0.25, 0.3) is 5.91 Å². The van der Waals surface area contributed by atoms with Crippen molar-refractivity contribution >= 4 is 12.0 Å². The van der Waals surface area contributed by atoms with E-state index in [9.17, 15) is 9.59 Å². The molecular formula is C14H22N4O3. The molecule has 0 saturated heterocycles. The molecule has 0 bridgehead atoms. The first-order valence-corrected chi connectivity index (χ1v) is 6.87. The van der Waals surface area contributed by atoms with Gasteiger partial charge in [-0.25, -0.2) is 14.8 Å². The van der Waals surface area contributed by atoms with Crippen LogP contribution in [0.25, 0.3) is 0 Å². The lowest BCUT2D eigenvalue weighted by Crippen LogP contribution is -2.38. The minimum Gasteiger partial charge on any atom is -0.444 e. The topological polar surface area (TPSA) is 93.2 Å². The van der Waals surface area contributed by atoms with Crippen LogP contribution in [0.3, 0.4) is 0 Å². The summed E-state index contributed by atoms with van der Waals surface area (Å²) >= 11 is 0. The average Bonchev–Trinajstić information content (AvgIpc) is 2.41. The van der Waals surface area contributed by atoms with E-state index in [1.165, 1.54) is 12.5 Å². The van der Waals surface area contributed by atoms with Crippen LogP contribution in [-0.4, -0.2) is 40.7 Å². The predicted octanol–water partition coefficient (Wildman–Crippen LogP) is 1.29. The summed E-state index contributed by atoms with van der Waals surface area (Å²) in [6.07, 6.45) is 3.05. The Kier molecular flexibility index (Phi) is 6.08. The van der Waals surface area contributed by atoms with E-state index in [2.05, 4.69) is 20.6 Å². The highest BCUT2D eigenvalue weighted by Crippen LogP contribution is 2.06. The SMILES string of the molecule is CCc1ncncc1C(=O)NCCNC(=O)OC(C)(C)C. The zero-order valence-electron chi connectivity index (χ0n) is 12.9. The molecule has 0 aliphatic heterocycles. The second kappa shape index (κ2) is 7.56. The fourth-order valence-electron chi connectivity index (χ4n) is 1.58. The van der Waals surface area contributed by atoms with Gasteiger partial charge in [0.15, 0.2) is 0 Å². The fraction of sp³-hybridized carbons (Fsp3) is 0.571. The Morgan fingerprint density at radius 3 is 2.52 bits per heavy atom. The molecule has 0 atom stereocenters. The highest BCUT2D eigenvalue weighted by atomic mass is 16.6. The van der Waals surface area contributed by atoms with Crippen molar-refractivity contribution in [3.05, 3.63) is 23.8 Å². The minimum absolute atomic E-state index is 0.251. The van der Waals surface area contributed by atoms with Gasteiger partial charge in [-0.1, -0.05) is 6.92 Å². The van der Waals surface area contributed by atoms with Crippen LogP contribution < -0.4 is 10.6 Å². The van der Waals surface area contributed by atoms with Gasteiger partial charge in [-0.2, -0.15) is 0 Å². The third-order valence-corrected chi connectivity index (χ3v) is 2.45. The van der Waals surface area contributed by atoms with Gasteiger partial charge in [-0.05, 0) is 27.2 Å². The number of aryl methyl sites for hydroxylation is 1. The van der Waals surface area contributed by atoms with Crippen molar-refractivity contribution in [1.29, 1.82) is 0 Å². The molecule has 1 heterocycles. The number of nitrogens with one attached hydrogen (secondary N) is 2. The van der Waals surface area contributed by atoms with E-state index in [1.54, 1.807) is 20.8 Å². The molecule has 0 aliphatic rings. The standard InChI is InChI=1S/C14H22N4O3/c1-5-11-10(8-15-9-18-11)12(19)16-6-7-17-13(20)21-14(2,3)4/h8-9H,5-7H2,1-4H3,(H,16,19)(H,17,20). The molecule has 1 aromatic rings. The number of carbonyl (C=O) groups is 2.